The minimum atomic E-state index is 0.555. The van der Waals surface area contributed by atoms with E-state index in [1.165, 1.54) is 37.7 Å². The lowest BCUT2D eigenvalue weighted by Gasteiger charge is -2.37. The summed E-state index contributed by atoms with van der Waals surface area (Å²) in [6, 6.07) is 9.76. The van der Waals surface area contributed by atoms with E-state index in [9.17, 15) is 0 Å². The second-order valence-electron chi connectivity index (χ2n) is 9.82. The van der Waals surface area contributed by atoms with Crippen LogP contribution in [0.25, 0.3) is 22.4 Å². The Kier molecular flexibility index (Phi) is 6.13. The Balaban J connectivity index is 1.35. The van der Waals surface area contributed by atoms with Gasteiger partial charge in [-0.1, -0.05) is 36.0 Å². The van der Waals surface area contributed by atoms with Crippen molar-refractivity contribution < 1.29 is 4.52 Å². The molecule has 0 amide bonds. The zero-order valence-corrected chi connectivity index (χ0v) is 19.6. The number of anilines is 1. The van der Waals surface area contributed by atoms with Crippen LogP contribution in [0.2, 0.25) is 0 Å². The van der Waals surface area contributed by atoms with E-state index < -0.39 is 0 Å². The topological polar surface area (TPSA) is 67.1 Å². The molecule has 1 unspecified atom stereocenters. The maximum absolute atomic E-state index is 5.56. The number of pyridine rings is 1. The Bertz CT molecular complexity index is 1060. The van der Waals surface area contributed by atoms with Crippen molar-refractivity contribution in [1.82, 2.24) is 20.4 Å². The summed E-state index contributed by atoms with van der Waals surface area (Å²) < 4.78 is 5.56. The van der Waals surface area contributed by atoms with Crippen LogP contribution in [0.3, 0.4) is 0 Å². The number of nitrogens with zero attached hydrogens (tertiary/aromatic N) is 4. The van der Waals surface area contributed by atoms with Crippen molar-refractivity contribution in [3.05, 3.63) is 35.7 Å². The molecule has 5 rings (SSSR count). The van der Waals surface area contributed by atoms with E-state index in [1.54, 1.807) is 0 Å². The molecule has 3 aromatic rings. The number of hydrogen-bond donors (Lipinski definition) is 1. The highest BCUT2D eigenvalue weighted by Gasteiger charge is 2.27. The van der Waals surface area contributed by atoms with Gasteiger partial charge in [0.25, 0.3) is 5.89 Å². The third-order valence-electron chi connectivity index (χ3n) is 7.36. The summed E-state index contributed by atoms with van der Waals surface area (Å²) in [6.07, 6.45) is 9.27. The van der Waals surface area contributed by atoms with Crippen molar-refractivity contribution in [2.75, 3.05) is 18.0 Å². The van der Waals surface area contributed by atoms with Crippen molar-refractivity contribution in [3.8, 4) is 11.5 Å². The first kappa shape index (κ1) is 21.4. The van der Waals surface area contributed by atoms with Crippen molar-refractivity contribution in [2.45, 2.75) is 77.8 Å². The molecule has 1 aliphatic heterocycles. The number of nitrogens with one attached hydrogen (secondary N) is 1. The quantitative estimate of drug-likeness (QED) is 0.579. The van der Waals surface area contributed by atoms with Crippen LogP contribution < -0.4 is 10.2 Å². The largest absolute Gasteiger partial charge is 0.356 e. The van der Waals surface area contributed by atoms with Crippen molar-refractivity contribution in [3.63, 3.8) is 0 Å². The van der Waals surface area contributed by atoms with E-state index in [4.69, 9.17) is 9.51 Å². The van der Waals surface area contributed by atoms with E-state index >= 15 is 0 Å². The minimum Gasteiger partial charge on any atom is -0.356 e. The molecular formula is C26H35N5O. The third-order valence-corrected chi connectivity index (χ3v) is 7.36. The summed E-state index contributed by atoms with van der Waals surface area (Å²) in [5, 5.41) is 9.09. The smallest absolute Gasteiger partial charge is 0.261 e. The van der Waals surface area contributed by atoms with E-state index in [-0.39, 0.29) is 0 Å². The van der Waals surface area contributed by atoms with E-state index in [0.29, 0.717) is 23.8 Å². The number of benzene rings is 1. The van der Waals surface area contributed by atoms with Gasteiger partial charge in [-0.2, -0.15) is 4.98 Å². The Labute approximate surface area is 190 Å². The average molecular weight is 434 g/mol. The van der Waals surface area contributed by atoms with Crippen LogP contribution in [0.1, 0.15) is 63.3 Å². The standard InChI is InChI=1S/C26H35N5O/c1-17-9-10-24-21(15-17)16-23(26-28-19(3)30-32-26)25(29-24)31-13-11-22(12-14-31)27-18(2)20-7-5-4-6-8-20/h9-10,15-16,18,20,22,27H,4-8,11-14H2,1-3H3. The minimum absolute atomic E-state index is 0.555. The van der Waals surface area contributed by atoms with Crippen LogP contribution in [0.15, 0.2) is 28.8 Å². The maximum atomic E-state index is 5.56. The number of aromatic nitrogens is 3. The van der Waals surface area contributed by atoms with Crippen LogP contribution in [-0.2, 0) is 0 Å². The molecule has 1 N–H and O–H groups in total. The number of piperidine rings is 1. The summed E-state index contributed by atoms with van der Waals surface area (Å²) in [5.74, 6) is 3.01. The summed E-state index contributed by atoms with van der Waals surface area (Å²) in [6.45, 7) is 8.33. The van der Waals surface area contributed by atoms with Gasteiger partial charge < -0.3 is 14.7 Å². The van der Waals surface area contributed by atoms with Gasteiger partial charge in [0.15, 0.2) is 5.82 Å². The number of hydrogen-bond acceptors (Lipinski definition) is 6. The first-order valence-electron chi connectivity index (χ1n) is 12.3. The molecule has 3 heterocycles. The molecule has 1 aromatic carbocycles. The third kappa shape index (κ3) is 4.51. The molecule has 6 nitrogen and oxygen atoms in total. The monoisotopic (exact) mass is 433 g/mol. The Morgan fingerprint density at radius 3 is 2.50 bits per heavy atom. The lowest BCUT2D eigenvalue weighted by atomic mass is 9.84. The molecule has 1 saturated heterocycles. The average Bonchev–Trinajstić information content (AvgIpc) is 3.25. The summed E-state index contributed by atoms with van der Waals surface area (Å²) >= 11 is 0. The molecule has 1 saturated carbocycles. The van der Waals surface area contributed by atoms with Gasteiger partial charge in [-0.3, -0.25) is 0 Å². The fraction of sp³-hybridized carbons (Fsp3) is 0.577. The van der Waals surface area contributed by atoms with Crippen LogP contribution in [0.5, 0.6) is 0 Å². The predicted molar refractivity (Wildman–Crippen MR) is 129 cm³/mol. The first-order chi connectivity index (χ1) is 15.6. The Hall–Kier alpha value is -2.47. The van der Waals surface area contributed by atoms with Crippen LogP contribution >= 0.6 is 0 Å². The zero-order chi connectivity index (χ0) is 22.1. The second kappa shape index (κ2) is 9.18. The van der Waals surface area contributed by atoms with E-state index in [2.05, 4.69) is 58.5 Å². The zero-order valence-electron chi connectivity index (χ0n) is 19.6. The molecule has 0 radical (unpaired) electrons. The van der Waals surface area contributed by atoms with Gasteiger partial charge in [0.1, 0.15) is 5.82 Å². The molecular weight excluding hydrogens is 398 g/mol. The fourth-order valence-corrected chi connectivity index (χ4v) is 5.49. The van der Waals surface area contributed by atoms with Crippen LogP contribution in [-0.4, -0.2) is 40.3 Å². The second-order valence-corrected chi connectivity index (χ2v) is 9.82. The summed E-state index contributed by atoms with van der Waals surface area (Å²) in [5.41, 5.74) is 3.17. The highest BCUT2D eigenvalue weighted by molar-refractivity contribution is 5.88. The van der Waals surface area contributed by atoms with E-state index in [1.807, 2.05) is 6.92 Å². The molecule has 1 atom stereocenters. The van der Waals surface area contributed by atoms with Crippen molar-refractivity contribution in [1.29, 1.82) is 0 Å². The molecule has 32 heavy (non-hydrogen) atoms. The summed E-state index contributed by atoms with van der Waals surface area (Å²) in [4.78, 5) is 12.0. The Morgan fingerprint density at radius 2 is 1.78 bits per heavy atom. The molecule has 1 aliphatic carbocycles. The first-order valence-corrected chi connectivity index (χ1v) is 12.3. The number of rotatable bonds is 5. The van der Waals surface area contributed by atoms with E-state index in [0.717, 1.165) is 54.1 Å². The van der Waals surface area contributed by atoms with Gasteiger partial charge >= 0.3 is 0 Å². The fourth-order valence-electron chi connectivity index (χ4n) is 5.49. The van der Waals surface area contributed by atoms with Crippen molar-refractivity contribution in [2.24, 2.45) is 5.92 Å². The molecule has 0 bridgehead atoms. The molecule has 2 aliphatic rings. The SMILES string of the molecule is Cc1ccc2nc(N3CCC(NC(C)C4CCCCC4)CC3)c(-c3nc(C)no3)cc2c1. The van der Waals surface area contributed by atoms with Gasteiger partial charge in [0.2, 0.25) is 0 Å². The van der Waals surface area contributed by atoms with Crippen molar-refractivity contribution >= 4 is 16.7 Å². The lowest BCUT2D eigenvalue weighted by molar-refractivity contribution is 0.251. The molecule has 6 heteroatoms. The number of fused-ring (bicyclic) bond motifs is 1. The van der Waals surface area contributed by atoms with Gasteiger partial charge in [-0.25, -0.2) is 4.98 Å². The van der Waals surface area contributed by atoms with Crippen LogP contribution in [0, 0.1) is 19.8 Å². The lowest BCUT2D eigenvalue weighted by Crippen LogP contribution is -2.48. The highest BCUT2D eigenvalue weighted by Crippen LogP contribution is 2.34. The van der Waals surface area contributed by atoms with Gasteiger partial charge in [0.05, 0.1) is 11.1 Å². The molecule has 2 aromatic heterocycles. The highest BCUT2D eigenvalue weighted by atomic mass is 16.5. The molecule has 2 fully saturated rings. The van der Waals surface area contributed by atoms with Gasteiger partial charge in [0, 0.05) is 30.6 Å². The van der Waals surface area contributed by atoms with Gasteiger partial charge in [-0.15, -0.1) is 0 Å². The van der Waals surface area contributed by atoms with Gasteiger partial charge in [-0.05, 0) is 70.6 Å². The molecule has 0 spiro atoms. The summed E-state index contributed by atoms with van der Waals surface area (Å²) in [7, 11) is 0. The maximum Gasteiger partial charge on any atom is 0.261 e. The Morgan fingerprint density at radius 1 is 1.00 bits per heavy atom. The van der Waals surface area contributed by atoms with Crippen LogP contribution in [0.4, 0.5) is 5.82 Å². The molecule has 170 valence electrons. The number of aryl methyl sites for hydroxylation is 2. The normalized spacial score (nSPS) is 19.5. The predicted octanol–water partition coefficient (Wildman–Crippen LogP) is 5.43.